The molecule has 1 aromatic heterocycles. The molecule has 46 valence electrons. The molecule has 0 saturated carbocycles. The number of aryl methyl sites for hydroxylation is 1. The lowest BCUT2D eigenvalue weighted by Gasteiger charge is -1.78. The standard InChI is InChI=1S/C7H7NO/c1-6-2-3-7(9-6)4-5-8/h2-4,8H,1H3. The van der Waals surface area contributed by atoms with Crippen LogP contribution in [0.1, 0.15) is 11.5 Å². The summed E-state index contributed by atoms with van der Waals surface area (Å²) in [5, 5.41) is 6.58. The van der Waals surface area contributed by atoms with Crippen LogP contribution in [0, 0.1) is 12.3 Å². The molecule has 0 atom stereocenters. The minimum absolute atomic E-state index is 0.683. The molecule has 0 aliphatic heterocycles. The van der Waals surface area contributed by atoms with E-state index in [1.807, 2.05) is 13.0 Å². The van der Waals surface area contributed by atoms with Crippen LogP contribution >= 0.6 is 0 Å². The summed E-state index contributed by atoms with van der Waals surface area (Å²) in [7, 11) is 0. The largest absolute Gasteiger partial charge is 0.461 e. The molecule has 0 aromatic carbocycles. The average molecular weight is 121 g/mol. The van der Waals surface area contributed by atoms with Crippen LogP contribution in [0.3, 0.4) is 0 Å². The summed E-state index contributed by atoms with van der Waals surface area (Å²) < 4.78 is 5.09. The van der Waals surface area contributed by atoms with Crippen molar-refractivity contribution in [3.8, 4) is 0 Å². The molecule has 0 unspecified atom stereocenters. The molecule has 0 spiro atoms. The van der Waals surface area contributed by atoms with Gasteiger partial charge in [-0.2, -0.15) is 0 Å². The summed E-state index contributed by atoms with van der Waals surface area (Å²) in [5.74, 6) is 3.67. The van der Waals surface area contributed by atoms with E-state index in [1.165, 1.54) is 6.08 Å². The van der Waals surface area contributed by atoms with Gasteiger partial charge in [0.15, 0.2) is 0 Å². The van der Waals surface area contributed by atoms with Gasteiger partial charge >= 0.3 is 0 Å². The zero-order valence-electron chi connectivity index (χ0n) is 5.14. The summed E-state index contributed by atoms with van der Waals surface area (Å²) in [6.07, 6.45) is 1.48. The highest BCUT2D eigenvalue weighted by Gasteiger charge is 1.89. The van der Waals surface area contributed by atoms with Crippen molar-refractivity contribution in [3.63, 3.8) is 0 Å². The van der Waals surface area contributed by atoms with E-state index in [2.05, 4.69) is 5.87 Å². The lowest BCUT2D eigenvalue weighted by molar-refractivity contribution is 0.525. The number of nitrogens with one attached hydrogen (secondary N) is 1. The first-order valence-electron chi connectivity index (χ1n) is 2.65. The second-order valence-corrected chi connectivity index (χ2v) is 1.74. The number of hydrogen-bond donors (Lipinski definition) is 1. The van der Waals surface area contributed by atoms with E-state index in [0.29, 0.717) is 5.76 Å². The Balaban J connectivity index is 2.97. The van der Waals surface area contributed by atoms with Crippen LogP contribution in [0.5, 0.6) is 0 Å². The Morgan fingerprint density at radius 2 is 2.44 bits per heavy atom. The minimum atomic E-state index is 0.683. The predicted molar refractivity (Wildman–Crippen MR) is 35.6 cm³/mol. The summed E-state index contributed by atoms with van der Waals surface area (Å²) in [6, 6.07) is 3.65. The summed E-state index contributed by atoms with van der Waals surface area (Å²) in [4.78, 5) is 0. The third-order valence-electron chi connectivity index (χ3n) is 0.976. The van der Waals surface area contributed by atoms with E-state index < -0.39 is 0 Å². The van der Waals surface area contributed by atoms with Crippen molar-refractivity contribution in [2.24, 2.45) is 0 Å². The average Bonchev–Trinajstić information content (AvgIpc) is 2.17. The van der Waals surface area contributed by atoms with E-state index in [-0.39, 0.29) is 0 Å². The first-order valence-corrected chi connectivity index (χ1v) is 2.65. The third-order valence-corrected chi connectivity index (χ3v) is 0.976. The van der Waals surface area contributed by atoms with E-state index in [4.69, 9.17) is 9.83 Å². The van der Waals surface area contributed by atoms with Gasteiger partial charge in [-0.1, -0.05) is 0 Å². The molecule has 9 heavy (non-hydrogen) atoms. The molecule has 1 heterocycles. The topological polar surface area (TPSA) is 37.0 Å². The van der Waals surface area contributed by atoms with Crippen LogP contribution < -0.4 is 0 Å². The van der Waals surface area contributed by atoms with Crippen molar-refractivity contribution in [3.05, 3.63) is 23.7 Å². The van der Waals surface area contributed by atoms with Gasteiger partial charge in [-0.25, -0.2) is 0 Å². The van der Waals surface area contributed by atoms with Gasteiger partial charge in [0.25, 0.3) is 0 Å². The van der Waals surface area contributed by atoms with Gasteiger partial charge in [-0.3, -0.25) is 5.41 Å². The van der Waals surface area contributed by atoms with Crippen molar-refractivity contribution in [1.82, 2.24) is 0 Å². The van der Waals surface area contributed by atoms with E-state index in [1.54, 1.807) is 6.07 Å². The van der Waals surface area contributed by atoms with Crippen LogP contribution in [-0.4, -0.2) is 5.87 Å². The normalized spacial score (nSPS) is 8.56. The van der Waals surface area contributed by atoms with Crippen molar-refractivity contribution in [1.29, 1.82) is 5.41 Å². The SMILES string of the molecule is Cc1ccc(C=C=N)o1. The third kappa shape index (κ3) is 1.31. The number of hydrogen-bond acceptors (Lipinski definition) is 2. The Bertz CT molecular complexity index is 243. The van der Waals surface area contributed by atoms with Crippen LogP contribution in [-0.2, 0) is 0 Å². The van der Waals surface area contributed by atoms with E-state index in [9.17, 15) is 0 Å². The highest BCUT2D eigenvalue weighted by molar-refractivity contribution is 5.73. The molecule has 2 heteroatoms. The second kappa shape index (κ2) is 2.33. The first-order chi connectivity index (χ1) is 4.33. The van der Waals surface area contributed by atoms with Gasteiger partial charge in [-0.05, 0) is 24.9 Å². The quantitative estimate of drug-likeness (QED) is 0.565. The monoisotopic (exact) mass is 121 g/mol. The molecule has 1 rings (SSSR count). The van der Waals surface area contributed by atoms with Gasteiger partial charge in [0.1, 0.15) is 11.5 Å². The lowest BCUT2D eigenvalue weighted by Crippen LogP contribution is -1.58. The molecule has 1 N–H and O–H groups in total. The Kier molecular flexibility index (Phi) is 1.52. The maximum atomic E-state index is 6.58. The van der Waals surface area contributed by atoms with Crippen molar-refractivity contribution in [2.75, 3.05) is 0 Å². The maximum absolute atomic E-state index is 6.58. The van der Waals surface area contributed by atoms with Crippen LogP contribution in [0.25, 0.3) is 6.08 Å². The van der Waals surface area contributed by atoms with Crippen LogP contribution in [0.15, 0.2) is 16.5 Å². The molecular weight excluding hydrogens is 114 g/mol. The summed E-state index contributed by atoms with van der Waals surface area (Å²) >= 11 is 0. The number of furan rings is 1. The van der Waals surface area contributed by atoms with Crippen LogP contribution in [0.4, 0.5) is 0 Å². The molecule has 1 aromatic rings. The molecular formula is C7H7NO. The highest BCUT2D eigenvalue weighted by Crippen LogP contribution is 2.05. The van der Waals surface area contributed by atoms with Gasteiger partial charge in [0.05, 0.1) is 0 Å². The molecule has 0 bridgehead atoms. The Hall–Kier alpha value is -1.27. The highest BCUT2D eigenvalue weighted by atomic mass is 16.3. The smallest absolute Gasteiger partial charge is 0.136 e. The number of rotatable bonds is 1. The maximum Gasteiger partial charge on any atom is 0.136 e. The van der Waals surface area contributed by atoms with Crippen molar-refractivity contribution in [2.45, 2.75) is 6.92 Å². The Morgan fingerprint density at radius 1 is 1.67 bits per heavy atom. The molecule has 0 fully saturated rings. The summed E-state index contributed by atoms with van der Waals surface area (Å²) in [6.45, 7) is 1.86. The predicted octanol–water partition coefficient (Wildman–Crippen LogP) is 1.85. The van der Waals surface area contributed by atoms with Crippen molar-refractivity contribution < 1.29 is 4.42 Å². The lowest BCUT2D eigenvalue weighted by atomic mass is 10.4. The molecule has 0 aliphatic carbocycles. The Labute approximate surface area is 53.3 Å². The summed E-state index contributed by atoms with van der Waals surface area (Å²) in [5.41, 5.74) is 0. The fraction of sp³-hybridized carbons (Fsp3) is 0.143. The fourth-order valence-corrected chi connectivity index (χ4v) is 0.602. The van der Waals surface area contributed by atoms with Gasteiger partial charge in [0.2, 0.25) is 0 Å². The van der Waals surface area contributed by atoms with Crippen molar-refractivity contribution >= 4 is 11.9 Å². The minimum Gasteiger partial charge on any atom is -0.461 e. The van der Waals surface area contributed by atoms with Gasteiger partial charge in [0, 0.05) is 6.08 Å². The van der Waals surface area contributed by atoms with E-state index >= 15 is 0 Å². The van der Waals surface area contributed by atoms with Crippen LogP contribution in [0.2, 0.25) is 0 Å². The molecule has 0 aliphatic rings. The zero-order valence-corrected chi connectivity index (χ0v) is 5.14. The first kappa shape index (κ1) is 5.86. The fourth-order valence-electron chi connectivity index (χ4n) is 0.602. The van der Waals surface area contributed by atoms with Gasteiger partial charge < -0.3 is 4.42 Å². The second-order valence-electron chi connectivity index (χ2n) is 1.74. The molecule has 0 radical (unpaired) electrons. The van der Waals surface area contributed by atoms with E-state index in [0.717, 1.165) is 5.76 Å². The molecule has 0 saturated heterocycles. The van der Waals surface area contributed by atoms with Gasteiger partial charge in [-0.15, -0.1) is 0 Å². The molecule has 2 nitrogen and oxygen atoms in total. The Morgan fingerprint density at radius 3 is 2.89 bits per heavy atom. The molecule has 0 amide bonds. The zero-order chi connectivity index (χ0) is 6.69.